The van der Waals surface area contributed by atoms with E-state index in [1.807, 2.05) is 24.4 Å². The van der Waals surface area contributed by atoms with Gasteiger partial charge in [-0.1, -0.05) is 6.07 Å². The summed E-state index contributed by atoms with van der Waals surface area (Å²) in [6.45, 7) is 2.49. The monoisotopic (exact) mass is 284 g/mol. The van der Waals surface area contributed by atoms with Crippen molar-refractivity contribution in [3.63, 3.8) is 0 Å². The van der Waals surface area contributed by atoms with Crippen LogP contribution in [0.4, 0.5) is 4.79 Å². The van der Waals surface area contributed by atoms with Crippen LogP contribution >= 0.6 is 11.3 Å². The van der Waals surface area contributed by atoms with Gasteiger partial charge in [-0.2, -0.15) is 0 Å². The third-order valence-corrected chi connectivity index (χ3v) is 3.99. The summed E-state index contributed by atoms with van der Waals surface area (Å²) in [6.07, 6.45) is 1.41. The zero-order valence-electron chi connectivity index (χ0n) is 11.3. The van der Waals surface area contributed by atoms with Crippen molar-refractivity contribution in [3.05, 3.63) is 22.4 Å². The Bertz CT molecular complexity index is 406. The van der Waals surface area contributed by atoms with Crippen LogP contribution in [0, 0.1) is 0 Å². The standard InChI is InChI=1S/C13H20N2O3S/c1-10(11-6-5-9-19-11)15(2)13(18)14-8-4-3-7-12(16)17/h5-6,9-10H,3-4,7-8H2,1-2H3,(H,14,18)(H,16,17). The Hall–Kier alpha value is -1.56. The number of rotatable bonds is 7. The molecule has 0 aliphatic rings. The van der Waals surface area contributed by atoms with Gasteiger partial charge in [-0.05, 0) is 31.2 Å². The third-order valence-electron chi connectivity index (χ3n) is 2.95. The van der Waals surface area contributed by atoms with Crippen molar-refractivity contribution in [1.82, 2.24) is 10.2 Å². The molecule has 2 N–H and O–H groups in total. The number of unbranched alkanes of at least 4 members (excludes halogenated alkanes) is 1. The molecule has 0 fully saturated rings. The SMILES string of the molecule is CC(c1cccs1)N(C)C(=O)NCCCCC(=O)O. The smallest absolute Gasteiger partial charge is 0.317 e. The second-order valence-electron chi connectivity index (χ2n) is 4.39. The molecule has 1 atom stereocenters. The molecule has 1 aromatic heterocycles. The Morgan fingerprint density at radius 3 is 2.79 bits per heavy atom. The van der Waals surface area contributed by atoms with Gasteiger partial charge in [-0.3, -0.25) is 4.79 Å². The van der Waals surface area contributed by atoms with Crippen LogP contribution in [-0.2, 0) is 4.79 Å². The predicted octanol–water partition coefficient (Wildman–Crippen LogP) is 2.71. The van der Waals surface area contributed by atoms with E-state index in [9.17, 15) is 9.59 Å². The molecule has 1 rings (SSSR count). The lowest BCUT2D eigenvalue weighted by Crippen LogP contribution is -2.39. The summed E-state index contributed by atoms with van der Waals surface area (Å²) in [4.78, 5) is 25.0. The summed E-state index contributed by atoms with van der Waals surface area (Å²) in [5, 5.41) is 13.3. The molecule has 0 bridgehead atoms. The van der Waals surface area contributed by atoms with Crippen molar-refractivity contribution in [3.8, 4) is 0 Å². The lowest BCUT2D eigenvalue weighted by atomic mass is 10.2. The Labute approximate surface area is 117 Å². The highest BCUT2D eigenvalue weighted by Gasteiger charge is 2.17. The number of amides is 2. The summed E-state index contributed by atoms with van der Waals surface area (Å²) in [7, 11) is 1.76. The highest BCUT2D eigenvalue weighted by molar-refractivity contribution is 7.10. The van der Waals surface area contributed by atoms with Gasteiger partial charge in [0, 0.05) is 24.9 Å². The number of aliphatic carboxylic acids is 1. The van der Waals surface area contributed by atoms with Crippen LogP contribution in [0.1, 0.15) is 37.1 Å². The van der Waals surface area contributed by atoms with Gasteiger partial charge in [0.1, 0.15) is 0 Å². The number of hydrogen-bond acceptors (Lipinski definition) is 3. The number of carbonyl (C=O) groups excluding carboxylic acids is 1. The lowest BCUT2D eigenvalue weighted by Gasteiger charge is -2.24. The Kier molecular flexibility index (Phi) is 6.35. The van der Waals surface area contributed by atoms with Gasteiger partial charge in [0.25, 0.3) is 0 Å². The Balaban J connectivity index is 2.27. The van der Waals surface area contributed by atoms with Crippen molar-refractivity contribution in [2.45, 2.75) is 32.2 Å². The second-order valence-corrected chi connectivity index (χ2v) is 5.36. The number of hydrogen-bond donors (Lipinski definition) is 2. The first-order chi connectivity index (χ1) is 9.02. The fraction of sp³-hybridized carbons (Fsp3) is 0.538. The van der Waals surface area contributed by atoms with Crippen molar-refractivity contribution < 1.29 is 14.7 Å². The van der Waals surface area contributed by atoms with Gasteiger partial charge in [0.2, 0.25) is 0 Å². The zero-order chi connectivity index (χ0) is 14.3. The van der Waals surface area contributed by atoms with Gasteiger partial charge in [-0.15, -0.1) is 11.3 Å². The molecule has 2 amide bonds. The van der Waals surface area contributed by atoms with Crippen molar-refractivity contribution in [1.29, 1.82) is 0 Å². The number of nitrogens with zero attached hydrogens (tertiary/aromatic N) is 1. The molecule has 6 heteroatoms. The molecule has 1 unspecified atom stereocenters. The van der Waals surface area contributed by atoms with Crippen LogP contribution < -0.4 is 5.32 Å². The molecule has 0 aliphatic heterocycles. The maximum Gasteiger partial charge on any atom is 0.317 e. The average molecular weight is 284 g/mol. The number of carboxylic acids is 1. The molecule has 0 spiro atoms. The van der Waals surface area contributed by atoms with Crippen LogP contribution in [0.2, 0.25) is 0 Å². The first-order valence-corrected chi connectivity index (χ1v) is 7.16. The lowest BCUT2D eigenvalue weighted by molar-refractivity contribution is -0.137. The Morgan fingerprint density at radius 1 is 1.47 bits per heavy atom. The number of carboxylic acid groups (broad SMARTS) is 1. The van der Waals surface area contributed by atoms with Crippen LogP contribution in [0.5, 0.6) is 0 Å². The van der Waals surface area contributed by atoms with Gasteiger partial charge < -0.3 is 15.3 Å². The first-order valence-electron chi connectivity index (χ1n) is 6.28. The van der Waals surface area contributed by atoms with E-state index in [4.69, 9.17) is 5.11 Å². The Morgan fingerprint density at radius 2 is 2.21 bits per heavy atom. The molecule has 0 aromatic carbocycles. The average Bonchev–Trinajstić information content (AvgIpc) is 2.89. The van der Waals surface area contributed by atoms with E-state index < -0.39 is 5.97 Å². The molecule has 19 heavy (non-hydrogen) atoms. The summed E-state index contributed by atoms with van der Waals surface area (Å²) in [6, 6.07) is 3.88. The molecule has 5 nitrogen and oxygen atoms in total. The van der Waals surface area contributed by atoms with Crippen molar-refractivity contribution >= 4 is 23.3 Å². The van der Waals surface area contributed by atoms with E-state index in [0.717, 1.165) is 4.88 Å². The van der Waals surface area contributed by atoms with Crippen molar-refractivity contribution in [2.75, 3.05) is 13.6 Å². The summed E-state index contributed by atoms with van der Waals surface area (Å²) >= 11 is 1.63. The van der Waals surface area contributed by atoms with E-state index in [-0.39, 0.29) is 18.5 Å². The van der Waals surface area contributed by atoms with Crippen LogP contribution in [0.15, 0.2) is 17.5 Å². The topological polar surface area (TPSA) is 69.6 Å². The minimum atomic E-state index is -0.797. The van der Waals surface area contributed by atoms with E-state index in [0.29, 0.717) is 19.4 Å². The van der Waals surface area contributed by atoms with E-state index >= 15 is 0 Å². The first kappa shape index (κ1) is 15.5. The van der Waals surface area contributed by atoms with Crippen molar-refractivity contribution in [2.24, 2.45) is 0 Å². The zero-order valence-corrected chi connectivity index (χ0v) is 12.1. The maximum absolute atomic E-state index is 11.9. The molecular formula is C13H20N2O3S. The quantitative estimate of drug-likeness (QED) is 0.756. The molecule has 0 aliphatic carbocycles. The molecule has 1 aromatic rings. The van der Waals surface area contributed by atoms with Gasteiger partial charge in [-0.25, -0.2) is 4.79 Å². The van der Waals surface area contributed by atoms with E-state index in [1.165, 1.54) is 0 Å². The predicted molar refractivity (Wildman–Crippen MR) is 75.4 cm³/mol. The van der Waals surface area contributed by atoms with E-state index in [1.54, 1.807) is 23.3 Å². The number of thiophene rings is 1. The number of urea groups is 1. The van der Waals surface area contributed by atoms with Gasteiger partial charge in [0.05, 0.1) is 6.04 Å². The minimum Gasteiger partial charge on any atom is -0.481 e. The normalized spacial score (nSPS) is 11.9. The molecule has 1 heterocycles. The molecule has 0 radical (unpaired) electrons. The second kappa shape index (κ2) is 7.78. The van der Waals surface area contributed by atoms with Crippen LogP contribution in [0.3, 0.4) is 0 Å². The van der Waals surface area contributed by atoms with E-state index in [2.05, 4.69) is 5.32 Å². The van der Waals surface area contributed by atoms with Gasteiger partial charge in [0.15, 0.2) is 0 Å². The highest BCUT2D eigenvalue weighted by Crippen LogP contribution is 2.23. The fourth-order valence-electron chi connectivity index (χ4n) is 1.62. The largest absolute Gasteiger partial charge is 0.481 e. The fourth-order valence-corrected chi connectivity index (χ4v) is 2.44. The van der Waals surface area contributed by atoms with Crippen LogP contribution in [0.25, 0.3) is 0 Å². The highest BCUT2D eigenvalue weighted by atomic mass is 32.1. The summed E-state index contributed by atoms with van der Waals surface area (Å²) in [5.74, 6) is -0.797. The molecule has 0 saturated heterocycles. The third kappa shape index (κ3) is 5.30. The minimum absolute atomic E-state index is 0.0408. The maximum atomic E-state index is 11.9. The van der Waals surface area contributed by atoms with Crippen LogP contribution in [-0.4, -0.2) is 35.6 Å². The summed E-state index contributed by atoms with van der Waals surface area (Å²) in [5.41, 5.74) is 0. The number of nitrogens with one attached hydrogen (secondary N) is 1. The summed E-state index contributed by atoms with van der Waals surface area (Å²) < 4.78 is 0. The molecular weight excluding hydrogens is 264 g/mol. The van der Waals surface area contributed by atoms with Gasteiger partial charge >= 0.3 is 12.0 Å². The molecule has 106 valence electrons. The number of carbonyl (C=O) groups is 2. The molecule has 0 saturated carbocycles.